The Balaban J connectivity index is 1.75. The molecule has 1 amide bonds. The molecule has 23 heavy (non-hydrogen) atoms. The van der Waals surface area contributed by atoms with Crippen molar-refractivity contribution in [3.05, 3.63) is 78.1 Å². The second kappa shape index (κ2) is 6.89. The predicted octanol–water partition coefficient (Wildman–Crippen LogP) is 2.81. The van der Waals surface area contributed by atoms with Gasteiger partial charge < -0.3 is 14.9 Å². The fourth-order valence-electron chi connectivity index (χ4n) is 2.28. The summed E-state index contributed by atoms with van der Waals surface area (Å²) in [5.74, 6) is -0.305. The van der Waals surface area contributed by atoms with Gasteiger partial charge in [0, 0.05) is 11.6 Å². The summed E-state index contributed by atoms with van der Waals surface area (Å²) in [5, 5.41) is 16.2. The van der Waals surface area contributed by atoms with Crippen LogP contribution in [0.15, 0.2) is 71.3 Å². The lowest BCUT2D eigenvalue weighted by Crippen LogP contribution is -2.30. The van der Waals surface area contributed by atoms with E-state index in [-0.39, 0.29) is 12.4 Å². The standard InChI is InChI=1S/C18H16N2O3/c21-12-16(14-9-5-2-6-10-14)19-18(22)17-11-15(20-23-17)13-7-3-1-4-8-13/h1-11,16,21H,12H2,(H,19,22). The number of nitrogens with zero attached hydrogens (tertiary/aromatic N) is 1. The fourth-order valence-corrected chi connectivity index (χ4v) is 2.28. The molecular formula is C18H16N2O3. The van der Waals surface area contributed by atoms with Gasteiger partial charge in [-0.05, 0) is 5.56 Å². The molecule has 0 aliphatic heterocycles. The van der Waals surface area contributed by atoms with Crippen LogP contribution < -0.4 is 5.32 Å². The van der Waals surface area contributed by atoms with E-state index in [1.807, 2.05) is 60.7 Å². The molecule has 116 valence electrons. The molecule has 2 aromatic carbocycles. The molecule has 1 unspecified atom stereocenters. The van der Waals surface area contributed by atoms with E-state index in [1.165, 1.54) is 0 Å². The van der Waals surface area contributed by atoms with Crippen molar-refractivity contribution in [3.63, 3.8) is 0 Å². The smallest absolute Gasteiger partial charge is 0.290 e. The lowest BCUT2D eigenvalue weighted by molar-refractivity contribution is 0.0879. The molecule has 1 aromatic heterocycles. The van der Waals surface area contributed by atoms with Crippen molar-refractivity contribution in [1.29, 1.82) is 0 Å². The summed E-state index contributed by atoms with van der Waals surface area (Å²) >= 11 is 0. The Morgan fingerprint density at radius 3 is 2.39 bits per heavy atom. The van der Waals surface area contributed by atoms with E-state index in [4.69, 9.17) is 4.52 Å². The Kier molecular flexibility index (Phi) is 4.49. The molecule has 0 aliphatic carbocycles. The van der Waals surface area contributed by atoms with Gasteiger partial charge in [-0.3, -0.25) is 4.79 Å². The van der Waals surface area contributed by atoms with E-state index < -0.39 is 11.9 Å². The number of hydrogen-bond acceptors (Lipinski definition) is 4. The van der Waals surface area contributed by atoms with Crippen LogP contribution in [-0.2, 0) is 0 Å². The van der Waals surface area contributed by atoms with Gasteiger partial charge in [-0.15, -0.1) is 0 Å². The van der Waals surface area contributed by atoms with E-state index >= 15 is 0 Å². The van der Waals surface area contributed by atoms with E-state index in [0.717, 1.165) is 11.1 Å². The zero-order valence-electron chi connectivity index (χ0n) is 12.3. The number of benzene rings is 2. The molecule has 0 fully saturated rings. The number of rotatable bonds is 5. The third kappa shape index (κ3) is 3.46. The van der Waals surface area contributed by atoms with Crippen molar-refractivity contribution in [2.45, 2.75) is 6.04 Å². The Labute approximate surface area is 133 Å². The van der Waals surface area contributed by atoms with Gasteiger partial charge in [-0.1, -0.05) is 65.8 Å². The second-order valence-corrected chi connectivity index (χ2v) is 5.06. The summed E-state index contributed by atoms with van der Waals surface area (Å²) < 4.78 is 5.12. The molecule has 0 aliphatic rings. The Morgan fingerprint density at radius 2 is 1.74 bits per heavy atom. The molecule has 0 saturated heterocycles. The van der Waals surface area contributed by atoms with Crippen LogP contribution in [-0.4, -0.2) is 22.8 Å². The predicted molar refractivity (Wildman–Crippen MR) is 85.7 cm³/mol. The molecule has 2 N–H and O–H groups in total. The van der Waals surface area contributed by atoms with Crippen molar-refractivity contribution in [2.75, 3.05) is 6.61 Å². The molecule has 3 aromatic rings. The van der Waals surface area contributed by atoms with Crippen LogP contribution in [0.3, 0.4) is 0 Å². The van der Waals surface area contributed by atoms with Gasteiger partial charge in [0.25, 0.3) is 5.91 Å². The van der Waals surface area contributed by atoms with Crippen LogP contribution in [0, 0.1) is 0 Å². The molecular weight excluding hydrogens is 292 g/mol. The first kappa shape index (κ1) is 15.0. The third-order valence-electron chi connectivity index (χ3n) is 3.49. The van der Waals surface area contributed by atoms with Crippen molar-refractivity contribution in [1.82, 2.24) is 10.5 Å². The first-order valence-corrected chi connectivity index (χ1v) is 7.26. The summed E-state index contributed by atoms with van der Waals surface area (Å²) in [6.45, 7) is -0.199. The van der Waals surface area contributed by atoms with E-state index in [1.54, 1.807) is 6.07 Å². The molecule has 5 nitrogen and oxygen atoms in total. The maximum Gasteiger partial charge on any atom is 0.290 e. The molecule has 0 saturated carbocycles. The number of aromatic nitrogens is 1. The van der Waals surface area contributed by atoms with Gasteiger partial charge in [0.15, 0.2) is 0 Å². The van der Waals surface area contributed by atoms with Crippen LogP contribution in [0.2, 0.25) is 0 Å². The molecule has 0 bridgehead atoms. The molecule has 0 spiro atoms. The van der Waals surface area contributed by atoms with Crippen LogP contribution in [0.25, 0.3) is 11.3 Å². The van der Waals surface area contributed by atoms with Crippen LogP contribution in [0.1, 0.15) is 22.2 Å². The first-order chi connectivity index (χ1) is 11.3. The molecule has 5 heteroatoms. The van der Waals surface area contributed by atoms with E-state index in [9.17, 15) is 9.90 Å². The quantitative estimate of drug-likeness (QED) is 0.760. The first-order valence-electron chi connectivity index (χ1n) is 7.26. The van der Waals surface area contributed by atoms with E-state index in [2.05, 4.69) is 10.5 Å². The maximum absolute atomic E-state index is 12.3. The fraction of sp³-hybridized carbons (Fsp3) is 0.111. The third-order valence-corrected chi connectivity index (χ3v) is 3.49. The van der Waals surface area contributed by atoms with E-state index in [0.29, 0.717) is 5.69 Å². The number of amides is 1. The number of aliphatic hydroxyl groups is 1. The molecule has 1 heterocycles. The van der Waals surface area contributed by atoms with Crippen LogP contribution in [0.4, 0.5) is 0 Å². The summed E-state index contributed by atoms with van der Waals surface area (Å²) in [7, 11) is 0. The van der Waals surface area contributed by atoms with Crippen molar-refractivity contribution in [3.8, 4) is 11.3 Å². The number of carbonyl (C=O) groups is 1. The summed E-state index contributed by atoms with van der Waals surface area (Å²) in [6, 6.07) is 19.8. The highest BCUT2D eigenvalue weighted by Gasteiger charge is 2.18. The van der Waals surface area contributed by atoms with Crippen molar-refractivity contribution in [2.24, 2.45) is 0 Å². The van der Waals surface area contributed by atoms with Crippen LogP contribution >= 0.6 is 0 Å². The van der Waals surface area contributed by atoms with Gasteiger partial charge in [0.05, 0.1) is 12.6 Å². The number of nitrogens with one attached hydrogen (secondary N) is 1. The Morgan fingerprint density at radius 1 is 1.09 bits per heavy atom. The number of carbonyl (C=O) groups excluding carboxylic acids is 1. The van der Waals surface area contributed by atoms with Gasteiger partial charge in [0.1, 0.15) is 5.69 Å². The summed E-state index contributed by atoms with van der Waals surface area (Å²) in [4.78, 5) is 12.3. The van der Waals surface area contributed by atoms with Gasteiger partial charge >= 0.3 is 0 Å². The highest BCUT2D eigenvalue weighted by Crippen LogP contribution is 2.19. The zero-order chi connectivity index (χ0) is 16.1. The molecule has 1 atom stereocenters. The maximum atomic E-state index is 12.3. The van der Waals surface area contributed by atoms with Gasteiger partial charge in [0.2, 0.25) is 5.76 Å². The lowest BCUT2D eigenvalue weighted by atomic mass is 10.1. The Bertz CT molecular complexity index is 769. The Hall–Kier alpha value is -2.92. The largest absolute Gasteiger partial charge is 0.394 e. The second-order valence-electron chi connectivity index (χ2n) is 5.06. The average Bonchev–Trinajstić information content (AvgIpc) is 3.11. The topological polar surface area (TPSA) is 75.4 Å². The zero-order valence-corrected chi connectivity index (χ0v) is 12.3. The van der Waals surface area contributed by atoms with Gasteiger partial charge in [-0.2, -0.15) is 0 Å². The van der Waals surface area contributed by atoms with Crippen molar-refractivity contribution < 1.29 is 14.4 Å². The SMILES string of the molecule is O=C(NC(CO)c1ccccc1)c1cc(-c2ccccc2)no1. The minimum Gasteiger partial charge on any atom is -0.394 e. The summed E-state index contributed by atoms with van der Waals surface area (Å²) in [5.41, 5.74) is 2.29. The summed E-state index contributed by atoms with van der Waals surface area (Å²) in [6.07, 6.45) is 0. The minimum atomic E-state index is -0.492. The molecule has 0 radical (unpaired) electrons. The number of hydrogen-bond donors (Lipinski definition) is 2. The van der Waals surface area contributed by atoms with Crippen LogP contribution in [0.5, 0.6) is 0 Å². The van der Waals surface area contributed by atoms with Gasteiger partial charge in [-0.25, -0.2) is 0 Å². The highest BCUT2D eigenvalue weighted by molar-refractivity contribution is 5.92. The van der Waals surface area contributed by atoms with Crippen molar-refractivity contribution >= 4 is 5.91 Å². The molecule has 3 rings (SSSR count). The lowest BCUT2D eigenvalue weighted by Gasteiger charge is -2.15. The minimum absolute atomic E-state index is 0.109. The number of aliphatic hydroxyl groups excluding tert-OH is 1. The monoisotopic (exact) mass is 308 g/mol. The highest BCUT2D eigenvalue weighted by atomic mass is 16.5. The normalized spacial score (nSPS) is 11.9. The average molecular weight is 308 g/mol.